The van der Waals surface area contributed by atoms with E-state index in [0.717, 1.165) is 36.2 Å². The lowest BCUT2D eigenvalue weighted by Gasteiger charge is -2.23. The van der Waals surface area contributed by atoms with Gasteiger partial charge in [-0.1, -0.05) is 77.6 Å². The van der Waals surface area contributed by atoms with Crippen LogP contribution in [0.2, 0.25) is 0 Å². The van der Waals surface area contributed by atoms with Crippen LogP contribution >= 0.6 is 0 Å². The van der Waals surface area contributed by atoms with Gasteiger partial charge >= 0.3 is 0 Å². The van der Waals surface area contributed by atoms with Gasteiger partial charge in [-0.3, -0.25) is 4.79 Å². The number of benzene rings is 2. The number of hydrogen-bond acceptors (Lipinski definition) is 6. The molecule has 46 heavy (non-hydrogen) atoms. The number of fused-ring (bicyclic) bond motifs is 1. The van der Waals surface area contributed by atoms with Crippen molar-refractivity contribution in [2.75, 3.05) is 33.0 Å². The van der Waals surface area contributed by atoms with E-state index < -0.39 is 0 Å². The molecule has 0 amide bonds. The molecule has 0 radical (unpaired) electrons. The Morgan fingerprint density at radius 3 is 1.67 bits per heavy atom. The van der Waals surface area contributed by atoms with Gasteiger partial charge in [-0.2, -0.15) is 0 Å². The summed E-state index contributed by atoms with van der Waals surface area (Å²) in [5, 5.41) is 0.521. The van der Waals surface area contributed by atoms with E-state index in [4.69, 9.17) is 23.7 Å². The zero-order valence-electron chi connectivity index (χ0n) is 29.5. The molecule has 7 nitrogen and oxygen atoms in total. The molecule has 3 aromatic rings. The molecule has 1 heterocycles. The Morgan fingerprint density at radius 1 is 0.543 bits per heavy atom. The number of unbranched alkanes of at least 4 members (excludes halogenated alkanes) is 11. The van der Waals surface area contributed by atoms with Crippen LogP contribution < -0.4 is 29.1 Å². The summed E-state index contributed by atoms with van der Waals surface area (Å²) in [6.45, 7) is 15.1. The lowest BCUT2D eigenvalue weighted by molar-refractivity contribution is 0.288. The van der Waals surface area contributed by atoms with Gasteiger partial charge in [0.15, 0.2) is 17.2 Å². The van der Waals surface area contributed by atoms with Gasteiger partial charge in [-0.25, -0.2) is 0 Å². The summed E-state index contributed by atoms with van der Waals surface area (Å²) in [5.41, 5.74) is 2.18. The SMILES string of the molecule is CCCCCCCCCCCCCCn1c(-c2ccc(OCC)c(OCC)c2)c(OCC)c(=O)c2c(OCC)cc(OCC)cc21. The van der Waals surface area contributed by atoms with Gasteiger partial charge in [0.1, 0.15) is 11.5 Å². The predicted molar refractivity (Wildman–Crippen MR) is 191 cm³/mol. The first-order chi connectivity index (χ1) is 22.5. The fourth-order valence-electron chi connectivity index (χ4n) is 6.11. The maximum atomic E-state index is 14.3. The Kier molecular flexibility index (Phi) is 16.7. The minimum absolute atomic E-state index is 0.184. The van der Waals surface area contributed by atoms with E-state index in [-0.39, 0.29) is 5.43 Å². The highest BCUT2D eigenvalue weighted by Gasteiger charge is 2.24. The second-order valence-corrected chi connectivity index (χ2v) is 11.7. The second kappa shape index (κ2) is 20.7. The van der Waals surface area contributed by atoms with Crippen molar-refractivity contribution in [3.63, 3.8) is 0 Å². The Labute approximate surface area is 277 Å². The molecular weight excluding hydrogens is 578 g/mol. The monoisotopic (exact) mass is 637 g/mol. The van der Waals surface area contributed by atoms with E-state index in [1.807, 2.05) is 65.0 Å². The Hall–Kier alpha value is -3.35. The Balaban J connectivity index is 2.01. The average molecular weight is 638 g/mol. The molecule has 3 rings (SSSR count). The van der Waals surface area contributed by atoms with Crippen molar-refractivity contribution in [3.05, 3.63) is 40.6 Å². The van der Waals surface area contributed by atoms with Crippen molar-refractivity contribution < 1.29 is 23.7 Å². The van der Waals surface area contributed by atoms with Gasteiger partial charge < -0.3 is 28.3 Å². The summed E-state index contributed by atoms with van der Waals surface area (Å²) in [6, 6.07) is 9.67. The van der Waals surface area contributed by atoms with Gasteiger partial charge in [-0.05, 0) is 59.2 Å². The maximum absolute atomic E-state index is 14.3. The summed E-state index contributed by atoms with van der Waals surface area (Å²) >= 11 is 0. The summed E-state index contributed by atoms with van der Waals surface area (Å²) in [5.74, 6) is 2.85. The van der Waals surface area contributed by atoms with Crippen LogP contribution in [0.4, 0.5) is 0 Å². The molecule has 0 saturated heterocycles. The molecule has 7 heteroatoms. The van der Waals surface area contributed by atoms with Crippen molar-refractivity contribution in [2.45, 2.75) is 125 Å². The molecule has 1 aromatic heterocycles. The minimum atomic E-state index is -0.184. The summed E-state index contributed by atoms with van der Waals surface area (Å²) in [6.07, 6.45) is 15.3. The third kappa shape index (κ3) is 10.3. The average Bonchev–Trinajstić information content (AvgIpc) is 3.04. The van der Waals surface area contributed by atoms with Crippen LogP contribution in [0.25, 0.3) is 22.2 Å². The molecule has 0 atom stereocenters. The molecule has 0 fully saturated rings. The van der Waals surface area contributed by atoms with Crippen molar-refractivity contribution in [3.8, 4) is 40.0 Å². The van der Waals surface area contributed by atoms with Gasteiger partial charge in [0, 0.05) is 24.2 Å². The number of aryl methyl sites for hydroxylation is 1. The van der Waals surface area contributed by atoms with E-state index in [1.165, 1.54) is 64.2 Å². The first kappa shape index (κ1) is 37.1. The van der Waals surface area contributed by atoms with Crippen LogP contribution in [-0.2, 0) is 6.54 Å². The van der Waals surface area contributed by atoms with E-state index in [9.17, 15) is 4.79 Å². The molecule has 256 valence electrons. The van der Waals surface area contributed by atoms with Gasteiger partial charge in [0.2, 0.25) is 5.43 Å². The summed E-state index contributed by atoms with van der Waals surface area (Å²) < 4.78 is 32.3. The van der Waals surface area contributed by atoms with E-state index in [0.29, 0.717) is 67.2 Å². The number of hydrogen-bond donors (Lipinski definition) is 0. The second-order valence-electron chi connectivity index (χ2n) is 11.7. The first-order valence-electron chi connectivity index (χ1n) is 18.1. The first-order valence-corrected chi connectivity index (χ1v) is 18.1. The van der Waals surface area contributed by atoms with Crippen molar-refractivity contribution in [1.29, 1.82) is 0 Å². The Morgan fingerprint density at radius 2 is 1.09 bits per heavy atom. The molecule has 0 aliphatic heterocycles. The molecule has 0 unspecified atom stereocenters. The molecule has 2 aromatic carbocycles. The van der Waals surface area contributed by atoms with Gasteiger partial charge in [0.25, 0.3) is 0 Å². The quantitative estimate of drug-likeness (QED) is 0.0911. The predicted octanol–water partition coefficient (Wildman–Crippen LogP) is 10.4. The van der Waals surface area contributed by atoms with E-state index in [1.54, 1.807) is 0 Å². The minimum Gasteiger partial charge on any atom is -0.494 e. The van der Waals surface area contributed by atoms with Crippen molar-refractivity contribution >= 4 is 10.9 Å². The van der Waals surface area contributed by atoms with Gasteiger partial charge in [0.05, 0.1) is 49.6 Å². The fourth-order valence-corrected chi connectivity index (χ4v) is 6.11. The summed E-state index contributed by atoms with van der Waals surface area (Å²) in [7, 11) is 0. The van der Waals surface area contributed by atoms with Crippen LogP contribution in [-0.4, -0.2) is 37.6 Å². The smallest absolute Gasteiger partial charge is 0.235 e. The number of aromatic nitrogens is 1. The summed E-state index contributed by atoms with van der Waals surface area (Å²) in [4.78, 5) is 14.3. The van der Waals surface area contributed by atoms with Crippen LogP contribution in [0.5, 0.6) is 28.7 Å². The lowest BCUT2D eigenvalue weighted by atomic mass is 10.0. The van der Waals surface area contributed by atoms with Crippen molar-refractivity contribution in [2.24, 2.45) is 0 Å². The topological polar surface area (TPSA) is 68.2 Å². The molecule has 0 spiro atoms. The third-order valence-corrected chi connectivity index (χ3v) is 8.22. The number of ether oxygens (including phenoxy) is 5. The molecule has 0 bridgehead atoms. The van der Waals surface area contributed by atoms with Gasteiger partial charge in [-0.15, -0.1) is 0 Å². The molecule has 0 N–H and O–H groups in total. The number of rotatable bonds is 24. The fraction of sp³-hybridized carbons (Fsp3) is 0.615. The molecule has 0 saturated carbocycles. The highest BCUT2D eigenvalue weighted by molar-refractivity contribution is 5.92. The van der Waals surface area contributed by atoms with Crippen molar-refractivity contribution in [1.82, 2.24) is 4.57 Å². The van der Waals surface area contributed by atoms with Crippen LogP contribution in [0.3, 0.4) is 0 Å². The van der Waals surface area contributed by atoms with Crippen LogP contribution in [0, 0.1) is 0 Å². The molecule has 0 aliphatic carbocycles. The Bertz CT molecular complexity index is 1380. The maximum Gasteiger partial charge on any atom is 0.235 e. The zero-order valence-corrected chi connectivity index (χ0v) is 29.5. The highest BCUT2D eigenvalue weighted by atomic mass is 16.5. The molecule has 0 aliphatic rings. The van der Waals surface area contributed by atoms with Crippen LogP contribution in [0.1, 0.15) is 119 Å². The normalized spacial score (nSPS) is 11.2. The van der Waals surface area contributed by atoms with E-state index >= 15 is 0 Å². The number of pyridine rings is 1. The molecular formula is C39H59NO6. The lowest BCUT2D eigenvalue weighted by Crippen LogP contribution is -2.18. The van der Waals surface area contributed by atoms with Crippen LogP contribution in [0.15, 0.2) is 35.1 Å². The third-order valence-electron chi connectivity index (χ3n) is 8.22. The number of nitrogens with zero attached hydrogens (tertiary/aromatic N) is 1. The largest absolute Gasteiger partial charge is 0.494 e. The van der Waals surface area contributed by atoms with E-state index in [2.05, 4.69) is 11.5 Å². The zero-order chi connectivity index (χ0) is 33.1. The standard InChI is InChI=1S/C39H59NO6/c1-7-13-14-15-16-17-18-19-20-21-22-23-26-40-32-28-31(42-8-2)29-35(45-11-5)36(32)38(41)39(46-12-6)37(40)30-24-25-33(43-9-3)34(27-30)44-10-4/h24-25,27-29H,7-23,26H2,1-6H3. The highest BCUT2D eigenvalue weighted by Crippen LogP contribution is 2.40.